The number of pyridine rings is 1. The molecule has 5 aromatic rings. The summed E-state index contributed by atoms with van der Waals surface area (Å²) in [5.74, 6) is 0. The molecule has 5 rings (SSSR count). The Kier molecular flexibility index (Phi) is 4.15. The lowest BCUT2D eigenvalue weighted by Gasteiger charge is -2.10. The lowest BCUT2D eigenvalue weighted by Crippen LogP contribution is -2.30. The monoisotopic (exact) mass is 389 g/mol. The van der Waals surface area contributed by atoms with Crippen molar-refractivity contribution in [2.24, 2.45) is 7.05 Å². The average Bonchev–Trinajstić information content (AvgIpc) is 3.14. The van der Waals surface area contributed by atoms with Gasteiger partial charge < -0.3 is 4.42 Å². The van der Waals surface area contributed by atoms with Crippen LogP contribution in [0.2, 0.25) is 0 Å². The van der Waals surface area contributed by atoms with E-state index in [4.69, 9.17) is 11.0 Å². The van der Waals surface area contributed by atoms with Gasteiger partial charge in [0.05, 0.1) is 12.1 Å². The van der Waals surface area contributed by atoms with Crippen LogP contribution >= 0.6 is 0 Å². The zero-order valence-electron chi connectivity index (χ0n) is 17.2. The van der Waals surface area contributed by atoms with Crippen molar-refractivity contribution in [1.29, 1.82) is 0 Å². The van der Waals surface area contributed by atoms with Gasteiger partial charge in [0.15, 0.2) is 11.9 Å². The molecule has 2 aromatic heterocycles. The second kappa shape index (κ2) is 6.86. The summed E-state index contributed by atoms with van der Waals surface area (Å²) in [6, 6.07) is 22.7. The van der Waals surface area contributed by atoms with Gasteiger partial charge in [-0.05, 0) is 60.4 Å². The molecule has 0 unspecified atom stereocenters. The Morgan fingerprint density at radius 1 is 0.867 bits per heavy atom. The van der Waals surface area contributed by atoms with E-state index in [-0.39, 0.29) is 0 Å². The van der Waals surface area contributed by atoms with Crippen molar-refractivity contribution in [2.75, 3.05) is 0 Å². The van der Waals surface area contributed by atoms with Gasteiger partial charge in [-0.2, -0.15) is 0 Å². The quantitative estimate of drug-likeness (QED) is 0.237. The SMILES string of the molecule is [C-]#[N+]c1cc(C)c2oc3c(-c4cccc[n+]4C)c(C)cc(-c4ccccc4)c3c2c1. The van der Waals surface area contributed by atoms with Crippen molar-refractivity contribution in [1.82, 2.24) is 0 Å². The fraction of sp³-hybridized carbons (Fsp3) is 0.111. The number of hydrogen-bond acceptors (Lipinski definition) is 1. The van der Waals surface area contributed by atoms with E-state index in [1.807, 2.05) is 31.2 Å². The molecule has 30 heavy (non-hydrogen) atoms. The molecule has 3 aromatic carbocycles. The smallest absolute Gasteiger partial charge is 0.216 e. The van der Waals surface area contributed by atoms with Crippen LogP contribution in [0.1, 0.15) is 11.1 Å². The zero-order valence-corrected chi connectivity index (χ0v) is 17.2. The first kappa shape index (κ1) is 18.1. The zero-order chi connectivity index (χ0) is 20.8. The molecule has 3 heteroatoms. The Hall–Kier alpha value is -3.90. The first-order valence-electron chi connectivity index (χ1n) is 9.97. The van der Waals surface area contributed by atoms with Crippen molar-refractivity contribution in [2.45, 2.75) is 13.8 Å². The number of furan rings is 1. The van der Waals surface area contributed by atoms with E-state index < -0.39 is 0 Å². The van der Waals surface area contributed by atoms with Gasteiger partial charge in [0.1, 0.15) is 18.2 Å². The highest BCUT2D eigenvalue weighted by atomic mass is 16.3. The van der Waals surface area contributed by atoms with Gasteiger partial charge in [-0.1, -0.05) is 30.3 Å². The number of aryl methyl sites for hydroxylation is 3. The largest absolute Gasteiger partial charge is 0.455 e. The molecule has 0 radical (unpaired) electrons. The van der Waals surface area contributed by atoms with E-state index in [0.717, 1.165) is 55.4 Å². The van der Waals surface area contributed by atoms with Crippen molar-refractivity contribution in [3.05, 3.63) is 95.5 Å². The maximum atomic E-state index is 7.52. The number of fused-ring (bicyclic) bond motifs is 3. The molecule has 0 aliphatic carbocycles. The normalized spacial score (nSPS) is 11.1. The summed E-state index contributed by atoms with van der Waals surface area (Å²) in [5, 5.41) is 2.06. The Balaban J connectivity index is 2.01. The lowest BCUT2D eigenvalue weighted by atomic mass is 9.92. The van der Waals surface area contributed by atoms with E-state index in [0.29, 0.717) is 5.69 Å². The van der Waals surface area contributed by atoms with Gasteiger partial charge in [-0.15, -0.1) is 0 Å². The standard InChI is InChI=1S/C27H21N2O/c1-17-15-21(19-10-6-5-7-11-19)25-22-16-20(28-3)14-18(2)26(22)30-27(25)24(17)23-12-8-9-13-29(23)4/h5-16H,1-2,4H3/q+1. The summed E-state index contributed by atoms with van der Waals surface area (Å²) < 4.78 is 8.67. The average molecular weight is 389 g/mol. The molecule has 0 bridgehead atoms. The molecular formula is C27H21N2O+. The van der Waals surface area contributed by atoms with Gasteiger partial charge in [0, 0.05) is 22.9 Å². The fourth-order valence-electron chi connectivity index (χ4n) is 4.35. The molecule has 0 N–H and O–H groups in total. The molecule has 0 atom stereocenters. The van der Waals surface area contributed by atoms with Crippen molar-refractivity contribution >= 4 is 27.6 Å². The van der Waals surface area contributed by atoms with Crippen LogP contribution < -0.4 is 4.57 Å². The molecule has 3 nitrogen and oxygen atoms in total. The van der Waals surface area contributed by atoms with Crippen LogP contribution in [-0.4, -0.2) is 0 Å². The summed E-state index contributed by atoms with van der Waals surface area (Å²) in [6.45, 7) is 11.7. The van der Waals surface area contributed by atoms with E-state index in [1.54, 1.807) is 0 Å². The van der Waals surface area contributed by atoms with Crippen molar-refractivity contribution < 1.29 is 8.98 Å². The van der Waals surface area contributed by atoms with Gasteiger partial charge in [0.2, 0.25) is 5.69 Å². The van der Waals surface area contributed by atoms with Gasteiger partial charge in [0.25, 0.3) is 0 Å². The molecule has 0 fully saturated rings. The van der Waals surface area contributed by atoms with Crippen molar-refractivity contribution in [3.63, 3.8) is 0 Å². The number of nitrogens with zero attached hydrogens (tertiary/aromatic N) is 2. The Bertz CT molecular complexity index is 1470. The second-order valence-corrected chi connectivity index (χ2v) is 7.74. The van der Waals surface area contributed by atoms with Crippen LogP contribution in [0.5, 0.6) is 0 Å². The molecule has 0 spiro atoms. The summed E-state index contributed by atoms with van der Waals surface area (Å²) in [7, 11) is 2.05. The fourth-order valence-corrected chi connectivity index (χ4v) is 4.35. The third-order valence-electron chi connectivity index (χ3n) is 5.74. The Labute approximate surface area is 175 Å². The Morgan fingerprint density at radius 2 is 1.63 bits per heavy atom. The van der Waals surface area contributed by atoms with E-state index in [1.165, 1.54) is 0 Å². The molecule has 2 heterocycles. The first-order chi connectivity index (χ1) is 14.6. The third kappa shape index (κ3) is 2.69. The van der Waals surface area contributed by atoms with Crippen LogP contribution in [0.25, 0.3) is 49.2 Å². The number of benzene rings is 3. The predicted molar refractivity (Wildman–Crippen MR) is 122 cm³/mol. The van der Waals surface area contributed by atoms with Crippen molar-refractivity contribution in [3.8, 4) is 22.4 Å². The van der Waals surface area contributed by atoms with Gasteiger partial charge in [-0.25, -0.2) is 9.41 Å². The van der Waals surface area contributed by atoms with Crippen LogP contribution in [-0.2, 0) is 7.05 Å². The topological polar surface area (TPSA) is 21.4 Å². The minimum atomic E-state index is 0.633. The maximum Gasteiger partial charge on any atom is 0.216 e. The summed E-state index contributed by atoms with van der Waals surface area (Å²) in [5.41, 5.74) is 8.95. The number of hydrogen-bond donors (Lipinski definition) is 0. The summed E-state index contributed by atoms with van der Waals surface area (Å²) >= 11 is 0. The number of aromatic nitrogens is 1. The van der Waals surface area contributed by atoms with Crippen LogP contribution in [0.15, 0.2) is 77.3 Å². The summed E-state index contributed by atoms with van der Waals surface area (Å²) in [4.78, 5) is 3.69. The molecule has 0 saturated carbocycles. The molecule has 0 aliphatic heterocycles. The van der Waals surface area contributed by atoms with Crippen LogP contribution in [0.3, 0.4) is 0 Å². The van der Waals surface area contributed by atoms with Gasteiger partial charge in [-0.3, -0.25) is 0 Å². The van der Waals surface area contributed by atoms with E-state index in [2.05, 4.69) is 72.0 Å². The third-order valence-corrected chi connectivity index (χ3v) is 5.74. The van der Waals surface area contributed by atoms with E-state index in [9.17, 15) is 0 Å². The Morgan fingerprint density at radius 3 is 2.37 bits per heavy atom. The highest BCUT2D eigenvalue weighted by molar-refractivity contribution is 6.17. The predicted octanol–water partition coefficient (Wildman–Crippen LogP) is 6.91. The van der Waals surface area contributed by atoms with Crippen LogP contribution in [0, 0.1) is 20.4 Å². The maximum absolute atomic E-state index is 7.52. The molecule has 144 valence electrons. The number of rotatable bonds is 2. The molecule has 0 aliphatic rings. The second-order valence-electron chi connectivity index (χ2n) is 7.74. The van der Waals surface area contributed by atoms with Crippen LogP contribution in [0.4, 0.5) is 5.69 Å². The highest BCUT2D eigenvalue weighted by Crippen LogP contribution is 2.44. The van der Waals surface area contributed by atoms with Gasteiger partial charge >= 0.3 is 0 Å². The molecular weight excluding hydrogens is 368 g/mol. The highest BCUT2D eigenvalue weighted by Gasteiger charge is 2.24. The molecule has 0 saturated heterocycles. The first-order valence-corrected chi connectivity index (χ1v) is 9.97. The minimum absolute atomic E-state index is 0.633. The lowest BCUT2D eigenvalue weighted by molar-refractivity contribution is -0.660. The minimum Gasteiger partial charge on any atom is -0.455 e. The molecule has 0 amide bonds. The van der Waals surface area contributed by atoms with E-state index >= 15 is 0 Å². The summed E-state index contributed by atoms with van der Waals surface area (Å²) in [6.07, 6.45) is 2.05.